The summed E-state index contributed by atoms with van der Waals surface area (Å²) in [6, 6.07) is 12.8. The van der Waals surface area contributed by atoms with Crippen LogP contribution in [0.15, 0.2) is 53.1 Å². The number of aromatic nitrogens is 1. The first-order valence-electron chi connectivity index (χ1n) is 14.2. The fraction of sp³-hybridized carbons (Fsp3) is 0.452. The Morgan fingerprint density at radius 2 is 1.80 bits per heavy atom. The lowest BCUT2D eigenvalue weighted by atomic mass is 9.87. The predicted molar refractivity (Wildman–Crippen MR) is 148 cm³/mol. The Kier molecular flexibility index (Phi) is 8.89. The van der Waals surface area contributed by atoms with E-state index in [1.54, 1.807) is 0 Å². The monoisotopic (exact) mass is 550 g/mol. The third kappa shape index (κ3) is 6.75. The van der Waals surface area contributed by atoms with Crippen LogP contribution >= 0.6 is 0 Å². The highest BCUT2D eigenvalue weighted by Gasteiger charge is 2.38. The fourth-order valence-corrected chi connectivity index (χ4v) is 5.85. The number of amides is 2. The second-order valence-corrected chi connectivity index (χ2v) is 11.0. The maximum Gasteiger partial charge on any atom is 0.273 e. The van der Waals surface area contributed by atoms with Crippen LogP contribution in [0.4, 0.5) is 8.78 Å². The van der Waals surface area contributed by atoms with E-state index in [2.05, 4.69) is 45.0 Å². The molecule has 2 aliphatic rings. The number of halogens is 2. The smallest absolute Gasteiger partial charge is 0.273 e. The van der Waals surface area contributed by atoms with Gasteiger partial charge < -0.3 is 15.2 Å². The summed E-state index contributed by atoms with van der Waals surface area (Å²) >= 11 is 0. The van der Waals surface area contributed by atoms with Crippen LogP contribution in [-0.4, -0.2) is 53.6 Å². The van der Waals surface area contributed by atoms with Gasteiger partial charge in [0.1, 0.15) is 11.6 Å². The van der Waals surface area contributed by atoms with Crippen LogP contribution in [0.2, 0.25) is 0 Å². The van der Waals surface area contributed by atoms with Crippen molar-refractivity contribution >= 4 is 11.8 Å². The highest BCUT2D eigenvalue weighted by molar-refractivity contribution is 5.94. The number of piperidine rings is 1. The Labute approximate surface area is 233 Å². The summed E-state index contributed by atoms with van der Waals surface area (Å²) in [5, 5.41) is 9.90. The molecule has 1 aliphatic heterocycles. The number of hydrogen-bond donors (Lipinski definition) is 2. The van der Waals surface area contributed by atoms with E-state index in [-0.39, 0.29) is 29.0 Å². The Morgan fingerprint density at radius 3 is 2.55 bits per heavy atom. The molecule has 9 heteroatoms. The van der Waals surface area contributed by atoms with Crippen LogP contribution in [0.3, 0.4) is 0 Å². The van der Waals surface area contributed by atoms with Gasteiger partial charge in [-0.15, -0.1) is 0 Å². The number of carbonyl (C=O) groups is 2. The van der Waals surface area contributed by atoms with Crippen molar-refractivity contribution in [2.24, 2.45) is 5.92 Å². The Morgan fingerprint density at radius 1 is 1.02 bits per heavy atom. The van der Waals surface area contributed by atoms with Gasteiger partial charge in [-0.2, -0.15) is 0 Å². The summed E-state index contributed by atoms with van der Waals surface area (Å²) in [7, 11) is 0. The number of likely N-dealkylation sites (tertiary alicyclic amines) is 1. The first kappa shape index (κ1) is 28.0. The zero-order valence-electron chi connectivity index (χ0n) is 22.8. The molecule has 1 saturated carbocycles. The summed E-state index contributed by atoms with van der Waals surface area (Å²) in [6.45, 7) is 3.94. The molecular formula is C31H36F2N4O3. The molecule has 2 N–H and O–H groups in total. The second-order valence-electron chi connectivity index (χ2n) is 11.0. The molecule has 7 nitrogen and oxygen atoms in total. The highest BCUT2D eigenvalue weighted by Crippen LogP contribution is 2.28. The number of carbonyl (C=O) groups excluding carboxylic acids is 2. The van der Waals surface area contributed by atoms with Crippen molar-refractivity contribution in [3.8, 4) is 11.3 Å². The van der Waals surface area contributed by atoms with E-state index in [1.807, 2.05) is 6.92 Å². The molecule has 212 valence electrons. The van der Waals surface area contributed by atoms with E-state index in [0.29, 0.717) is 25.6 Å². The van der Waals surface area contributed by atoms with Crippen LogP contribution in [0.5, 0.6) is 0 Å². The van der Waals surface area contributed by atoms with Gasteiger partial charge in [-0.3, -0.25) is 14.5 Å². The van der Waals surface area contributed by atoms with Gasteiger partial charge >= 0.3 is 0 Å². The zero-order chi connectivity index (χ0) is 28.1. The normalized spacial score (nSPS) is 20.3. The second kappa shape index (κ2) is 12.7. The Bertz CT molecular complexity index is 1320. The number of nitrogens with zero attached hydrogens (tertiary/aromatic N) is 2. The molecule has 5 rings (SSSR count). The standard InChI is InChI=1S/C31H36F2N4O3/c1-20-7-9-21(10-8-20)13-15-34-30(38)25-19-37(23-5-3-2-4-6-23)16-14-27(25)35-31(39)28-18-29(40-36-28)24-12-11-22(32)17-26(24)33/h7-12,17-18,23,25,27H,2-6,13-16,19H2,1H3,(H,34,38)(H,35,39)/t25-,27-/m0/s1. The number of nitrogens with one attached hydrogen (secondary N) is 2. The first-order chi connectivity index (χ1) is 19.4. The van der Waals surface area contributed by atoms with Crippen LogP contribution in [0, 0.1) is 24.5 Å². The lowest BCUT2D eigenvalue weighted by Gasteiger charge is -2.43. The summed E-state index contributed by atoms with van der Waals surface area (Å²) in [4.78, 5) is 29.0. The van der Waals surface area contributed by atoms with Gasteiger partial charge in [-0.1, -0.05) is 54.2 Å². The highest BCUT2D eigenvalue weighted by atomic mass is 19.1. The molecule has 2 aromatic carbocycles. The lowest BCUT2D eigenvalue weighted by Crippen LogP contribution is -2.58. The van der Waals surface area contributed by atoms with Crippen LogP contribution in [0.25, 0.3) is 11.3 Å². The van der Waals surface area contributed by atoms with Crippen LogP contribution < -0.4 is 10.6 Å². The summed E-state index contributed by atoms with van der Waals surface area (Å²) in [6.07, 6.45) is 7.31. The third-order valence-electron chi connectivity index (χ3n) is 8.16. The topological polar surface area (TPSA) is 87.5 Å². The first-order valence-corrected chi connectivity index (χ1v) is 14.2. The molecule has 40 heavy (non-hydrogen) atoms. The average molecular weight is 551 g/mol. The quantitative estimate of drug-likeness (QED) is 0.410. The number of aryl methyl sites for hydroxylation is 1. The molecule has 1 aromatic heterocycles. The van der Waals surface area contributed by atoms with E-state index in [1.165, 1.54) is 37.0 Å². The summed E-state index contributed by atoms with van der Waals surface area (Å²) < 4.78 is 32.7. The van der Waals surface area contributed by atoms with Gasteiger partial charge in [-0.05, 0) is 50.3 Å². The minimum absolute atomic E-state index is 0.0135. The van der Waals surface area contributed by atoms with Crippen molar-refractivity contribution in [1.29, 1.82) is 0 Å². The minimum Gasteiger partial charge on any atom is -0.355 e. The van der Waals surface area contributed by atoms with E-state index in [0.717, 1.165) is 43.5 Å². The van der Waals surface area contributed by atoms with Gasteiger partial charge in [-0.25, -0.2) is 8.78 Å². The molecule has 0 bridgehead atoms. The maximum absolute atomic E-state index is 14.2. The maximum atomic E-state index is 14.2. The molecule has 0 spiro atoms. The molecule has 2 heterocycles. The molecule has 1 aliphatic carbocycles. The molecule has 0 unspecified atom stereocenters. The van der Waals surface area contributed by atoms with E-state index in [4.69, 9.17) is 4.52 Å². The van der Waals surface area contributed by atoms with Crippen molar-refractivity contribution in [3.05, 3.63) is 77.0 Å². The third-order valence-corrected chi connectivity index (χ3v) is 8.16. The van der Waals surface area contributed by atoms with Gasteiger partial charge in [0.25, 0.3) is 5.91 Å². The average Bonchev–Trinajstić information content (AvgIpc) is 3.45. The largest absolute Gasteiger partial charge is 0.355 e. The predicted octanol–water partition coefficient (Wildman–Crippen LogP) is 5.04. The minimum atomic E-state index is -0.805. The molecule has 2 atom stereocenters. The van der Waals surface area contributed by atoms with Gasteiger partial charge in [0.05, 0.1) is 11.5 Å². The molecule has 2 fully saturated rings. The number of benzene rings is 2. The Balaban J connectivity index is 1.26. The molecule has 3 aromatic rings. The van der Waals surface area contributed by atoms with E-state index < -0.39 is 23.5 Å². The van der Waals surface area contributed by atoms with Crippen LogP contribution in [0.1, 0.15) is 60.1 Å². The summed E-state index contributed by atoms with van der Waals surface area (Å²) in [5.41, 5.74) is 2.34. The van der Waals surface area contributed by atoms with Crippen molar-refractivity contribution in [2.75, 3.05) is 19.6 Å². The summed E-state index contributed by atoms with van der Waals surface area (Å²) in [5.74, 6) is -2.47. The van der Waals surface area contributed by atoms with Crippen molar-refractivity contribution in [1.82, 2.24) is 20.7 Å². The van der Waals surface area contributed by atoms with Crippen molar-refractivity contribution < 1.29 is 22.9 Å². The van der Waals surface area contributed by atoms with Gasteiger partial charge in [0.15, 0.2) is 11.5 Å². The lowest BCUT2D eigenvalue weighted by molar-refractivity contribution is -0.128. The zero-order valence-corrected chi connectivity index (χ0v) is 22.8. The van der Waals surface area contributed by atoms with Crippen molar-refractivity contribution in [2.45, 2.75) is 64.0 Å². The SMILES string of the molecule is Cc1ccc(CCNC(=O)[C@H]2CN(C3CCCCC3)CC[C@@H]2NC(=O)c2cc(-c3ccc(F)cc3F)on2)cc1. The molecule has 2 amide bonds. The molecule has 1 saturated heterocycles. The van der Waals surface area contributed by atoms with E-state index in [9.17, 15) is 18.4 Å². The van der Waals surface area contributed by atoms with Crippen LogP contribution in [-0.2, 0) is 11.2 Å². The molecule has 0 radical (unpaired) electrons. The van der Waals surface area contributed by atoms with Crippen molar-refractivity contribution in [3.63, 3.8) is 0 Å². The van der Waals surface area contributed by atoms with E-state index >= 15 is 0 Å². The Hall–Kier alpha value is -3.59. The number of hydrogen-bond acceptors (Lipinski definition) is 5. The van der Waals surface area contributed by atoms with Gasteiger partial charge in [0, 0.05) is 43.9 Å². The molecular weight excluding hydrogens is 514 g/mol. The van der Waals surface area contributed by atoms with Gasteiger partial charge in [0.2, 0.25) is 5.91 Å². The fourth-order valence-electron chi connectivity index (χ4n) is 5.85. The number of rotatable bonds is 8.